The largest absolute Gasteiger partial charge is 0.484 e. The molecule has 0 radical (unpaired) electrons. The van der Waals surface area contributed by atoms with Crippen LogP contribution < -0.4 is 10.1 Å². The average molecular weight is 356 g/mol. The number of carbonyl (C=O) groups excluding carboxylic acids is 1. The topological polar surface area (TPSA) is 75.6 Å². The van der Waals surface area contributed by atoms with E-state index in [0.29, 0.717) is 31.4 Å². The maximum absolute atomic E-state index is 11.8. The molecule has 0 heterocycles. The fourth-order valence-electron chi connectivity index (χ4n) is 2.43. The summed E-state index contributed by atoms with van der Waals surface area (Å²) in [6.07, 6.45) is 2.66. The van der Waals surface area contributed by atoms with Gasteiger partial charge < -0.3 is 15.2 Å². The molecule has 0 saturated heterocycles. The van der Waals surface area contributed by atoms with Gasteiger partial charge in [0.25, 0.3) is 5.91 Å². The van der Waals surface area contributed by atoms with E-state index in [9.17, 15) is 9.59 Å². The third-order valence-corrected chi connectivity index (χ3v) is 4.15. The Kier molecular flexibility index (Phi) is 5.61. The van der Waals surface area contributed by atoms with Crippen LogP contribution in [-0.4, -0.2) is 29.6 Å². The maximum Gasteiger partial charge on any atom is 0.306 e. The summed E-state index contributed by atoms with van der Waals surface area (Å²) < 4.78 is 6.35. The van der Waals surface area contributed by atoms with E-state index in [2.05, 4.69) is 21.2 Å². The van der Waals surface area contributed by atoms with Crippen molar-refractivity contribution in [3.63, 3.8) is 0 Å². The van der Waals surface area contributed by atoms with Crippen LogP contribution in [-0.2, 0) is 9.59 Å². The van der Waals surface area contributed by atoms with Crippen LogP contribution in [0, 0.1) is 5.92 Å². The number of nitrogens with one attached hydrogen (secondary N) is 1. The highest BCUT2D eigenvalue weighted by Gasteiger charge is 2.26. The lowest BCUT2D eigenvalue weighted by molar-refractivity contribution is -0.142. The van der Waals surface area contributed by atoms with E-state index in [0.717, 1.165) is 4.47 Å². The van der Waals surface area contributed by atoms with E-state index < -0.39 is 5.97 Å². The molecule has 0 aliphatic heterocycles. The van der Waals surface area contributed by atoms with Crippen LogP contribution in [0.15, 0.2) is 28.7 Å². The Labute approximate surface area is 131 Å². The Bertz CT molecular complexity index is 495. The number of carboxylic acids is 1. The van der Waals surface area contributed by atoms with Crippen molar-refractivity contribution >= 4 is 27.8 Å². The molecule has 1 aromatic rings. The van der Waals surface area contributed by atoms with E-state index >= 15 is 0 Å². The predicted molar refractivity (Wildman–Crippen MR) is 81.2 cm³/mol. The second-order valence-corrected chi connectivity index (χ2v) is 6.11. The number of carbonyl (C=O) groups is 2. The molecule has 5 nitrogen and oxygen atoms in total. The molecule has 1 aliphatic rings. The number of halogens is 1. The molecular weight excluding hydrogens is 338 g/mol. The van der Waals surface area contributed by atoms with Crippen LogP contribution in [0.4, 0.5) is 0 Å². The molecule has 0 unspecified atom stereocenters. The number of carboxylic acid groups (broad SMARTS) is 1. The van der Waals surface area contributed by atoms with Crippen molar-refractivity contribution in [2.24, 2.45) is 5.92 Å². The Morgan fingerprint density at radius 1 is 1.19 bits per heavy atom. The summed E-state index contributed by atoms with van der Waals surface area (Å²) >= 11 is 3.33. The van der Waals surface area contributed by atoms with Crippen molar-refractivity contribution in [1.82, 2.24) is 5.32 Å². The standard InChI is InChI=1S/C15H18BrNO4/c16-11-3-7-13(8-4-11)21-9-14(18)17-12-5-1-10(2-6-12)15(19)20/h3-4,7-8,10,12H,1-2,5-6,9H2,(H,17,18)(H,19,20). The molecule has 1 aliphatic carbocycles. The summed E-state index contributed by atoms with van der Waals surface area (Å²) in [5.74, 6) is -0.532. The van der Waals surface area contributed by atoms with E-state index in [1.54, 1.807) is 12.1 Å². The highest BCUT2D eigenvalue weighted by molar-refractivity contribution is 9.10. The highest BCUT2D eigenvalue weighted by Crippen LogP contribution is 2.24. The average Bonchev–Trinajstić information content (AvgIpc) is 2.47. The zero-order valence-corrected chi connectivity index (χ0v) is 13.1. The number of benzene rings is 1. The number of hydrogen-bond donors (Lipinski definition) is 2. The SMILES string of the molecule is O=C(COc1ccc(Br)cc1)NC1CCC(C(=O)O)CC1. The van der Waals surface area contributed by atoms with E-state index in [1.165, 1.54) is 0 Å². The molecule has 6 heteroatoms. The molecular formula is C15H18BrNO4. The lowest BCUT2D eigenvalue weighted by Crippen LogP contribution is -2.40. The van der Waals surface area contributed by atoms with Gasteiger partial charge in [-0.15, -0.1) is 0 Å². The van der Waals surface area contributed by atoms with Gasteiger partial charge in [0, 0.05) is 10.5 Å². The summed E-state index contributed by atoms with van der Waals surface area (Å²) in [7, 11) is 0. The van der Waals surface area contributed by atoms with Gasteiger partial charge in [-0.1, -0.05) is 15.9 Å². The monoisotopic (exact) mass is 355 g/mol. The maximum atomic E-state index is 11.8. The molecule has 0 spiro atoms. The predicted octanol–water partition coefficient (Wildman–Crippen LogP) is 2.59. The molecule has 1 aromatic carbocycles. The van der Waals surface area contributed by atoms with E-state index in [1.807, 2.05) is 12.1 Å². The van der Waals surface area contributed by atoms with Crippen molar-refractivity contribution in [2.45, 2.75) is 31.7 Å². The van der Waals surface area contributed by atoms with Gasteiger partial charge in [-0.25, -0.2) is 0 Å². The minimum atomic E-state index is -0.738. The van der Waals surface area contributed by atoms with Crippen molar-refractivity contribution in [3.8, 4) is 5.75 Å². The summed E-state index contributed by atoms with van der Waals surface area (Å²) in [5.41, 5.74) is 0. The smallest absolute Gasteiger partial charge is 0.306 e. The molecule has 0 atom stereocenters. The van der Waals surface area contributed by atoms with Gasteiger partial charge in [0.05, 0.1) is 5.92 Å². The molecule has 0 aromatic heterocycles. The zero-order chi connectivity index (χ0) is 15.2. The molecule has 2 rings (SSSR count). The fraction of sp³-hybridized carbons (Fsp3) is 0.467. The van der Waals surface area contributed by atoms with Crippen LogP contribution in [0.2, 0.25) is 0 Å². The third kappa shape index (κ3) is 5.04. The van der Waals surface area contributed by atoms with Gasteiger partial charge in [0.1, 0.15) is 5.75 Å². The molecule has 1 fully saturated rings. The van der Waals surface area contributed by atoms with Gasteiger partial charge in [0.15, 0.2) is 6.61 Å². The normalized spacial score (nSPS) is 21.6. The Balaban J connectivity index is 1.70. The number of aliphatic carboxylic acids is 1. The van der Waals surface area contributed by atoms with Gasteiger partial charge in [-0.3, -0.25) is 9.59 Å². The van der Waals surface area contributed by atoms with Crippen LogP contribution >= 0.6 is 15.9 Å². The van der Waals surface area contributed by atoms with Crippen molar-refractivity contribution in [2.75, 3.05) is 6.61 Å². The second kappa shape index (κ2) is 7.45. The summed E-state index contributed by atoms with van der Waals surface area (Å²) in [6.45, 7) is -0.0273. The molecule has 1 amide bonds. The van der Waals surface area contributed by atoms with Crippen LogP contribution in [0.5, 0.6) is 5.75 Å². The Morgan fingerprint density at radius 3 is 2.38 bits per heavy atom. The Hall–Kier alpha value is -1.56. The Morgan fingerprint density at radius 2 is 1.81 bits per heavy atom. The lowest BCUT2D eigenvalue weighted by atomic mass is 9.86. The van der Waals surface area contributed by atoms with E-state index in [-0.39, 0.29) is 24.5 Å². The first-order valence-corrected chi connectivity index (χ1v) is 7.74. The molecule has 114 valence electrons. The van der Waals surface area contributed by atoms with Crippen LogP contribution in [0.1, 0.15) is 25.7 Å². The van der Waals surface area contributed by atoms with Gasteiger partial charge in [-0.2, -0.15) is 0 Å². The summed E-state index contributed by atoms with van der Waals surface area (Å²) in [4.78, 5) is 22.7. The quantitative estimate of drug-likeness (QED) is 0.850. The van der Waals surface area contributed by atoms with Crippen molar-refractivity contribution in [1.29, 1.82) is 0 Å². The molecule has 21 heavy (non-hydrogen) atoms. The molecule has 1 saturated carbocycles. The van der Waals surface area contributed by atoms with Crippen LogP contribution in [0.3, 0.4) is 0 Å². The van der Waals surface area contributed by atoms with Crippen molar-refractivity contribution < 1.29 is 19.4 Å². The van der Waals surface area contributed by atoms with Gasteiger partial charge in [0.2, 0.25) is 0 Å². The number of hydrogen-bond acceptors (Lipinski definition) is 3. The first-order chi connectivity index (χ1) is 10.0. The van der Waals surface area contributed by atoms with Gasteiger partial charge in [-0.05, 0) is 49.9 Å². The molecule has 0 bridgehead atoms. The zero-order valence-electron chi connectivity index (χ0n) is 11.5. The number of amides is 1. The molecule has 2 N–H and O–H groups in total. The third-order valence-electron chi connectivity index (χ3n) is 3.63. The fourth-order valence-corrected chi connectivity index (χ4v) is 2.70. The number of rotatable bonds is 5. The lowest BCUT2D eigenvalue weighted by Gasteiger charge is -2.26. The van der Waals surface area contributed by atoms with Crippen LogP contribution in [0.25, 0.3) is 0 Å². The highest BCUT2D eigenvalue weighted by atomic mass is 79.9. The first kappa shape index (κ1) is 15.8. The minimum absolute atomic E-state index is 0.0273. The second-order valence-electron chi connectivity index (χ2n) is 5.20. The minimum Gasteiger partial charge on any atom is -0.484 e. The van der Waals surface area contributed by atoms with Crippen molar-refractivity contribution in [3.05, 3.63) is 28.7 Å². The number of ether oxygens (including phenoxy) is 1. The first-order valence-electron chi connectivity index (χ1n) is 6.95. The summed E-state index contributed by atoms with van der Waals surface area (Å²) in [6, 6.07) is 7.33. The van der Waals surface area contributed by atoms with E-state index in [4.69, 9.17) is 9.84 Å². The van der Waals surface area contributed by atoms with Gasteiger partial charge >= 0.3 is 5.97 Å². The summed E-state index contributed by atoms with van der Waals surface area (Å²) in [5, 5.41) is 11.8.